The first-order valence-corrected chi connectivity index (χ1v) is 11.0. The monoisotopic (exact) mass is 323 g/mol. The van der Waals surface area contributed by atoms with Crippen molar-refractivity contribution in [2.24, 2.45) is 5.92 Å². The van der Waals surface area contributed by atoms with E-state index in [0.717, 1.165) is 18.5 Å². The van der Waals surface area contributed by atoms with Crippen LogP contribution in [0.1, 0.15) is 27.7 Å². The minimum absolute atomic E-state index is 0.110. The molecule has 0 atom stereocenters. The summed E-state index contributed by atoms with van der Waals surface area (Å²) >= 11 is 0. The van der Waals surface area contributed by atoms with Gasteiger partial charge in [-0.2, -0.15) is 0 Å². The quantitative estimate of drug-likeness (QED) is 0.698. The zero-order valence-corrected chi connectivity index (χ0v) is 13.8. The van der Waals surface area contributed by atoms with Crippen molar-refractivity contribution < 1.29 is 21.6 Å². The van der Waals surface area contributed by atoms with E-state index < -0.39 is 30.0 Å². The summed E-state index contributed by atoms with van der Waals surface area (Å²) in [7, 11) is -5.91. The number of hydrogen-bond acceptors (Lipinski definition) is 2. The molecule has 0 amide bonds. The molecule has 0 rings (SSSR count). The zero-order valence-electron chi connectivity index (χ0n) is 12.0. The van der Waals surface area contributed by atoms with E-state index in [0.29, 0.717) is 5.92 Å². The van der Waals surface area contributed by atoms with Gasteiger partial charge in [-0.15, -0.1) is 0 Å². The van der Waals surface area contributed by atoms with Gasteiger partial charge >= 0.3 is 114 Å². The molecule has 0 spiro atoms. The first kappa shape index (κ1) is 19.1. The van der Waals surface area contributed by atoms with Crippen LogP contribution in [0.2, 0.25) is 0 Å². The molecular weight excluding hydrogens is 298 g/mol. The first-order chi connectivity index (χ1) is 8.45. The molecular formula is C11H25F3NO2PS. The molecule has 8 heteroatoms. The normalized spacial score (nSPS) is 14.9. The van der Waals surface area contributed by atoms with Gasteiger partial charge in [0, 0.05) is 0 Å². The molecule has 0 aromatic carbocycles. The van der Waals surface area contributed by atoms with Crippen LogP contribution in [0, 0.1) is 5.92 Å². The van der Waals surface area contributed by atoms with Gasteiger partial charge in [-0.1, -0.05) is 0 Å². The molecule has 0 aliphatic heterocycles. The van der Waals surface area contributed by atoms with Gasteiger partial charge < -0.3 is 0 Å². The molecule has 0 heterocycles. The Morgan fingerprint density at radius 3 is 1.95 bits per heavy atom. The third-order valence-electron chi connectivity index (χ3n) is 3.33. The summed E-state index contributed by atoms with van der Waals surface area (Å²) in [5, 5.41) is 0. The summed E-state index contributed by atoms with van der Waals surface area (Å²) in [5.41, 5.74) is -0.110. The van der Waals surface area contributed by atoms with Crippen molar-refractivity contribution in [3.8, 4) is 0 Å². The van der Waals surface area contributed by atoms with Gasteiger partial charge in [0.25, 0.3) is 0 Å². The van der Waals surface area contributed by atoms with E-state index in [9.17, 15) is 21.6 Å². The number of alkyl halides is 3. The van der Waals surface area contributed by atoms with Gasteiger partial charge in [0.2, 0.25) is 0 Å². The third-order valence-corrected chi connectivity index (χ3v) is 12.6. The molecule has 0 aromatic heterocycles. The zero-order chi connectivity index (χ0) is 15.3. The Kier molecular flexibility index (Phi) is 7.28. The molecule has 19 heavy (non-hydrogen) atoms. The Hall–Kier alpha value is 0.130. The maximum atomic E-state index is 12.1. The number of halogens is 3. The Bertz CT molecular complexity index is 365. The number of nitrogens with one attached hydrogen (secondary N) is 1. The molecule has 0 saturated heterocycles. The third kappa shape index (κ3) is 8.10. The van der Waals surface area contributed by atoms with Crippen LogP contribution in [0.25, 0.3) is 0 Å². The van der Waals surface area contributed by atoms with Gasteiger partial charge in [-0.05, 0) is 0 Å². The number of hydrogen-bond donors (Lipinski definition) is 1. The first-order valence-electron chi connectivity index (χ1n) is 6.49. The summed E-state index contributed by atoms with van der Waals surface area (Å²) in [6.45, 7) is 6.44. The fourth-order valence-corrected chi connectivity index (χ4v) is 11.2. The minimum atomic E-state index is -4.51. The average Bonchev–Trinajstić information content (AvgIpc) is 2.24. The van der Waals surface area contributed by atoms with E-state index >= 15 is 0 Å². The van der Waals surface area contributed by atoms with Crippen molar-refractivity contribution in [1.29, 1.82) is 0 Å². The van der Waals surface area contributed by atoms with Crippen molar-refractivity contribution >= 4 is 17.3 Å². The predicted octanol–water partition coefficient (Wildman–Crippen LogP) is 2.87. The van der Waals surface area contributed by atoms with Crippen LogP contribution in [-0.2, 0) is 10.0 Å². The predicted molar refractivity (Wildman–Crippen MR) is 76.9 cm³/mol. The van der Waals surface area contributed by atoms with E-state index in [4.69, 9.17) is 0 Å². The van der Waals surface area contributed by atoms with Crippen molar-refractivity contribution in [3.05, 3.63) is 0 Å². The van der Waals surface area contributed by atoms with Crippen molar-refractivity contribution in [2.75, 3.05) is 30.5 Å². The second kappa shape index (κ2) is 7.23. The van der Waals surface area contributed by atoms with Crippen LogP contribution in [0.15, 0.2) is 0 Å². The van der Waals surface area contributed by atoms with Crippen LogP contribution in [0.5, 0.6) is 0 Å². The van der Waals surface area contributed by atoms with Crippen LogP contribution in [-0.4, -0.2) is 45.1 Å². The Morgan fingerprint density at radius 2 is 1.63 bits per heavy atom. The van der Waals surface area contributed by atoms with E-state index in [1.807, 2.05) is 27.7 Å². The van der Waals surface area contributed by atoms with Gasteiger partial charge in [0.05, 0.1) is 0 Å². The van der Waals surface area contributed by atoms with E-state index in [1.165, 1.54) is 0 Å². The van der Waals surface area contributed by atoms with Crippen LogP contribution >= 0.6 is 7.26 Å². The second-order valence-corrected chi connectivity index (χ2v) is 13.0. The van der Waals surface area contributed by atoms with E-state index in [2.05, 4.69) is 0 Å². The topological polar surface area (TPSA) is 46.2 Å². The Morgan fingerprint density at radius 1 is 1.16 bits per heavy atom. The summed E-state index contributed by atoms with van der Waals surface area (Å²) in [5.74, 6) is 0.365. The summed E-state index contributed by atoms with van der Waals surface area (Å²) in [6, 6.07) is 0. The van der Waals surface area contributed by atoms with Crippen molar-refractivity contribution in [3.63, 3.8) is 0 Å². The summed E-state index contributed by atoms with van der Waals surface area (Å²) in [6.07, 6.45) is -2.14. The Balaban J connectivity index is 4.83. The summed E-state index contributed by atoms with van der Waals surface area (Å²) in [4.78, 5) is 0. The van der Waals surface area contributed by atoms with E-state index in [1.54, 1.807) is 4.72 Å². The number of sulfonamides is 1. The molecule has 0 aromatic rings. The standard InChI is InChI=1S/C11H25F3NO2PS/c1-5-18(6-2,7-10(3)4)9-19(16,17)15-8-11(12,13)14/h10,15,18H,5-9H2,1-4H3. The van der Waals surface area contributed by atoms with Gasteiger partial charge in [0.1, 0.15) is 0 Å². The summed E-state index contributed by atoms with van der Waals surface area (Å²) < 4.78 is 61.5. The average molecular weight is 323 g/mol. The molecule has 0 bridgehead atoms. The van der Waals surface area contributed by atoms with Crippen molar-refractivity contribution in [1.82, 2.24) is 4.72 Å². The van der Waals surface area contributed by atoms with Crippen LogP contribution in [0.3, 0.4) is 0 Å². The molecule has 0 unspecified atom stereocenters. The van der Waals surface area contributed by atoms with Crippen LogP contribution < -0.4 is 4.72 Å². The molecule has 1 N–H and O–H groups in total. The van der Waals surface area contributed by atoms with Gasteiger partial charge in [-0.25, -0.2) is 0 Å². The number of rotatable bonds is 8. The molecule has 0 aliphatic carbocycles. The van der Waals surface area contributed by atoms with E-state index in [-0.39, 0.29) is 5.49 Å². The van der Waals surface area contributed by atoms with Gasteiger partial charge in [-0.3, -0.25) is 0 Å². The van der Waals surface area contributed by atoms with Crippen LogP contribution in [0.4, 0.5) is 13.2 Å². The maximum absolute atomic E-state index is 12.1. The SMILES string of the molecule is CC[PH](CC)(CC(C)C)CS(=O)(=O)NCC(F)(F)F. The van der Waals surface area contributed by atoms with Crippen molar-refractivity contribution in [2.45, 2.75) is 33.9 Å². The fraction of sp³-hybridized carbons (Fsp3) is 1.00. The molecule has 0 saturated carbocycles. The molecule has 3 nitrogen and oxygen atoms in total. The molecule has 118 valence electrons. The Labute approximate surface area is 114 Å². The fourth-order valence-electron chi connectivity index (χ4n) is 2.31. The second-order valence-electron chi connectivity index (χ2n) is 5.50. The van der Waals surface area contributed by atoms with Gasteiger partial charge in [0.15, 0.2) is 0 Å². The molecule has 0 radical (unpaired) electrons. The molecule has 0 aliphatic rings. The molecule has 0 fully saturated rings.